The molecule has 2 atom stereocenters. The number of hydrogen-bond donors (Lipinski definition) is 0. The first-order chi connectivity index (χ1) is 8.78. The van der Waals surface area contributed by atoms with Crippen molar-refractivity contribution in [1.82, 2.24) is 4.98 Å². The molecule has 2 saturated heterocycles. The van der Waals surface area contributed by atoms with Gasteiger partial charge in [-0.1, -0.05) is 15.9 Å². The van der Waals surface area contributed by atoms with Crippen molar-refractivity contribution < 1.29 is 9.15 Å². The van der Waals surface area contributed by atoms with Gasteiger partial charge in [0.05, 0.1) is 12.2 Å². The molecule has 3 heterocycles. The average Bonchev–Trinajstić information content (AvgIpc) is 2.92. The summed E-state index contributed by atoms with van der Waals surface area (Å²) in [4.78, 5) is 4.64. The number of rotatable bonds is 1. The van der Waals surface area contributed by atoms with E-state index in [1.807, 2.05) is 18.2 Å². The molecular weight excluding hydrogens is 294 g/mol. The van der Waals surface area contributed by atoms with Crippen LogP contribution in [0.2, 0.25) is 0 Å². The molecule has 3 nitrogen and oxygen atoms in total. The van der Waals surface area contributed by atoms with Gasteiger partial charge >= 0.3 is 0 Å². The van der Waals surface area contributed by atoms with Gasteiger partial charge in [0, 0.05) is 10.4 Å². The van der Waals surface area contributed by atoms with Crippen molar-refractivity contribution in [1.29, 1.82) is 0 Å². The molecule has 2 fully saturated rings. The van der Waals surface area contributed by atoms with Gasteiger partial charge in [0.15, 0.2) is 11.5 Å². The molecule has 0 aliphatic carbocycles. The van der Waals surface area contributed by atoms with Crippen LogP contribution < -0.4 is 0 Å². The van der Waals surface area contributed by atoms with Crippen molar-refractivity contribution in [2.75, 3.05) is 0 Å². The summed E-state index contributed by atoms with van der Waals surface area (Å²) in [5, 5.41) is 0. The fraction of sp³-hybridized carbons (Fsp3) is 0.500. The summed E-state index contributed by atoms with van der Waals surface area (Å²) in [6.07, 6.45) is 5.38. The van der Waals surface area contributed by atoms with Crippen molar-refractivity contribution in [3.8, 4) is 0 Å². The SMILES string of the molecule is Brc1ccc2oc(C3CC4CCC(C3)O4)nc2c1. The second kappa shape index (κ2) is 4.07. The largest absolute Gasteiger partial charge is 0.440 e. The molecule has 4 heteroatoms. The third-order valence-corrected chi connectivity index (χ3v) is 4.50. The lowest BCUT2D eigenvalue weighted by molar-refractivity contribution is -0.00749. The molecule has 1 aromatic carbocycles. The lowest BCUT2D eigenvalue weighted by atomic mass is 9.96. The number of benzene rings is 1. The first-order valence-corrected chi connectivity index (χ1v) is 7.29. The van der Waals surface area contributed by atoms with Crippen LogP contribution in [0, 0.1) is 0 Å². The Hall–Kier alpha value is -0.870. The summed E-state index contributed by atoms with van der Waals surface area (Å²) in [5.41, 5.74) is 1.82. The standard InChI is InChI=1S/C14H14BrNO2/c15-9-1-4-13-12(7-9)16-14(18-13)8-5-10-2-3-11(6-8)17-10/h1,4,7-8,10-11H,2-3,5-6H2. The Morgan fingerprint density at radius 2 is 1.94 bits per heavy atom. The quantitative estimate of drug-likeness (QED) is 0.798. The summed E-state index contributed by atoms with van der Waals surface area (Å²) < 4.78 is 12.8. The van der Waals surface area contributed by atoms with Crippen LogP contribution >= 0.6 is 15.9 Å². The van der Waals surface area contributed by atoms with Gasteiger partial charge in [-0.25, -0.2) is 4.98 Å². The monoisotopic (exact) mass is 307 g/mol. The third kappa shape index (κ3) is 1.79. The molecule has 2 bridgehead atoms. The van der Waals surface area contributed by atoms with E-state index in [1.54, 1.807) is 0 Å². The Morgan fingerprint density at radius 1 is 1.17 bits per heavy atom. The maximum Gasteiger partial charge on any atom is 0.198 e. The molecule has 18 heavy (non-hydrogen) atoms. The van der Waals surface area contributed by atoms with Crippen LogP contribution in [0.25, 0.3) is 11.1 Å². The predicted octanol–water partition coefficient (Wildman–Crippen LogP) is 4.02. The highest BCUT2D eigenvalue weighted by atomic mass is 79.9. The van der Waals surface area contributed by atoms with Gasteiger partial charge in [0.25, 0.3) is 0 Å². The molecule has 0 spiro atoms. The Labute approximate surface area is 114 Å². The Kier molecular flexibility index (Phi) is 2.49. The lowest BCUT2D eigenvalue weighted by Crippen LogP contribution is -2.23. The van der Waals surface area contributed by atoms with Crippen molar-refractivity contribution in [3.05, 3.63) is 28.6 Å². The highest BCUT2D eigenvalue weighted by Crippen LogP contribution is 2.41. The molecule has 0 radical (unpaired) electrons. The van der Waals surface area contributed by atoms with Gasteiger partial charge in [-0.2, -0.15) is 0 Å². The van der Waals surface area contributed by atoms with E-state index in [9.17, 15) is 0 Å². The molecule has 4 rings (SSSR count). The molecule has 2 aromatic rings. The van der Waals surface area contributed by atoms with Gasteiger partial charge in [0.2, 0.25) is 0 Å². The molecule has 0 amide bonds. The van der Waals surface area contributed by atoms with Crippen LogP contribution in [0.4, 0.5) is 0 Å². The van der Waals surface area contributed by atoms with E-state index in [-0.39, 0.29) is 0 Å². The molecule has 2 aliphatic heterocycles. The van der Waals surface area contributed by atoms with Gasteiger partial charge in [-0.05, 0) is 43.9 Å². The van der Waals surface area contributed by atoms with E-state index >= 15 is 0 Å². The van der Waals surface area contributed by atoms with E-state index in [2.05, 4.69) is 20.9 Å². The fourth-order valence-corrected chi connectivity index (χ4v) is 3.50. The maximum absolute atomic E-state index is 5.90. The average molecular weight is 308 g/mol. The molecule has 2 aliphatic rings. The highest BCUT2D eigenvalue weighted by molar-refractivity contribution is 9.10. The molecule has 2 unspecified atom stereocenters. The van der Waals surface area contributed by atoms with Crippen LogP contribution in [-0.4, -0.2) is 17.2 Å². The van der Waals surface area contributed by atoms with Crippen molar-refractivity contribution in [3.63, 3.8) is 0 Å². The fourth-order valence-electron chi connectivity index (χ4n) is 3.15. The van der Waals surface area contributed by atoms with Crippen molar-refractivity contribution in [2.24, 2.45) is 0 Å². The first-order valence-electron chi connectivity index (χ1n) is 6.49. The predicted molar refractivity (Wildman–Crippen MR) is 71.6 cm³/mol. The normalized spacial score (nSPS) is 31.1. The molecular formula is C14H14BrNO2. The Bertz CT molecular complexity index is 582. The number of fused-ring (bicyclic) bond motifs is 3. The van der Waals surface area contributed by atoms with Crippen LogP contribution in [0.3, 0.4) is 0 Å². The van der Waals surface area contributed by atoms with Gasteiger partial charge < -0.3 is 9.15 Å². The third-order valence-electron chi connectivity index (χ3n) is 4.01. The molecule has 94 valence electrons. The van der Waals surface area contributed by atoms with Gasteiger partial charge in [-0.3, -0.25) is 0 Å². The van der Waals surface area contributed by atoms with E-state index in [0.29, 0.717) is 18.1 Å². The van der Waals surface area contributed by atoms with Crippen molar-refractivity contribution >= 4 is 27.0 Å². The number of aromatic nitrogens is 1. The summed E-state index contributed by atoms with van der Waals surface area (Å²) in [6.45, 7) is 0. The van der Waals surface area contributed by atoms with Crippen molar-refractivity contribution in [2.45, 2.75) is 43.8 Å². The smallest absolute Gasteiger partial charge is 0.198 e. The summed E-state index contributed by atoms with van der Waals surface area (Å²) in [6, 6.07) is 5.98. The molecule has 0 saturated carbocycles. The zero-order valence-corrected chi connectivity index (χ0v) is 11.5. The number of oxazole rings is 1. The van der Waals surface area contributed by atoms with Gasteiger partial charge in [-0.15, -0.1) is 0 Å². The minimum Gasteiger partial charge on any atom is -0.440 e. The number of nitrogens with zero attached hydrogens (tertiary/aromatic N) is 1. The number of hydrogen-bond acceptors (Lipinski definition) is 3. The summed E-state index contributed by atoms with van der Waals surface area (Å²) >= 11 is 3.47. The number of ether oxygens (including phenoxy) is 1. The first kappa shape index (κ1) is 11.0. The minimum absolute atomic E-state index is 0.426. The lowest BCUT2D eigenvalue weighted by Gasteiger charge is -2.25. The molecule has 1 aromatic heterocycles. The van der Waals surface area contributed by atoms with E-state index < -0.39 is 0 Å². The minimum atomic E-state index is 0.426. The number of halogens is 1. The molecule has 0 N–H and O–H groups in total. The highest BCUT2D eigenvalue weighted by Gasteiger charge is 2.37. The maximum atomic E-state index is 5.90. The van der Waals surface area contributed by atoms with E-state index in [0.717, 1.165) is 34.3 Å². The van der Waals surface area contributed by atoms with Gasteiger partial charge in [0.1, 0.15) is 5.52 Å². The Balaban J connectivity index is 1.70. The van der Waals surface area contributed by atoms with Crippen LogP contribution in [0.1, 0.15) is 37.5 Å². The topological polar surface area (TPSA) is 35.3 Å². The summed E-state index contributed by atoms with van der Waals surface area (Å²) in [7, 11) is 0. The second-order valence-corrected chi connectivity index (χ2v) is 6.21. The van der Waals surface area contributed by atoms with E-state index in [4.69, 9.17) is 9.15 Å². The van der Waals surface area contributed by atoms with Crippen LogP contribution in [-0.2, 0) is 4.74 Å². The van der Waals surface area contributed by atoms with Crippen LogP contribution in [0.15, 0.2) is 27.1 Å². The van der Waals surface area contributed by atoms with Crippen LogP contribution in [0.5, 0.6) is 0 Å². The zero-order chi connectivity index (χ0) is 12.1. The second-order valence-electron chi connectivity index (χ2n) is 5.29. The summed E-state index contributed by atoms with van der Waals surface area (Å²) in [5.74, 6) is 1.32. The van der Waals surface area contributed by atoms with E-state index in [1.165, 1.54) is 12.8 Å². The Morgan fingerprint density at radius 3 is 2.72 bits per heavy atom. The zero-order valence-electron chi connectivity index (χ0n) is 9.93.